The highest BCUT2D eigenvalue weighted by Gasteiger charge is 2.35. The summed E-state index contributed by atoms with van der Waals surface area (Å²) < 4.78 is 11.3. The van der Waals surface area contributed by atoms with Gasteiger partial charge < -0.3 is 24.8 Å². The number of carbonyl (C=O) groups is 1. The Morgan fingerprint density at radius 3 is 2.42 bits per heavy atom. The van der Waals surface area contributed by atoms with Crippen LogP contribution in [-0.4, -0.2) is 57.9 Å². The molecule has 1 heterocycles. The van der Waals surface area contributed by atoms with E-state index in [1.54, 1.807) is 6.92 Å². The van der Waals surface area contributed by atoms with Gasteiger partial charge in [-0.1, -0.05) is 25.7 Å². The maximum atomic E-state index is 10.9. The summed E-state index contributed by atoms with van der Waals surface area (Å²) >= 11 is 0. The first-order valence-electron chi connectivity index (χ1n) is 9.14. The zero-order chi connectivity index (χ0) is 18.1. The Labute approximate surface area is 145 Å². The number of aliphatic hydroxyl groups is 3. The highest BCUT2D eigenvalue weighted by molar-refractivity contribution is 5.75. The average molecular weight is 346 g/mol. The van der Waals surface area contributed by atoms with Crippen molar-refractivity contribution >= 4 is 5.78 Å². The third kappa shape index (κ3) is 8.53. The molecule has 0 aromatic heterocycles. The van der Waals surface area contributed by atoms with Crippen LogP contribution in [0, 0.1) is 0 Å². The fraction of sp³-hybridized carbons (Fsp3) is 0.944. The molecule has 0 saturated carbocycles. The van der Waals surface area contributed by atoms with Crippen molar-refractivity contribution in [2.45, 2.75) is 109 Å². The molecule has 1 fully saturated rings. The lowest BCUT2D eigenvalue weighted by atomic mass is 10.0. The Bertz CT molecular complexity index is 361. The lowest BCUT2D eigenvalue weighted by Crippen LogP contribution is -2.48. The summed E-state index contributed by atoms with van der Waals surface area (Å²) in [7, 11) is 0. The van der Waals surface area contributed by atoms with Gasteiger partial charge in [-0.05, 0) is 33.6 Å². The highest BCUT2D eigenvalue weighted by atomic mass is 16.7. The van der Waals surface area contributed by atoms with Gasteiger partial charge in [0, 0.05) is 12.8 Å². The molecule has 0 amide bonds. The van der Waals surface area contributed by atoms with Crippen molar-refractivity contribution in [3.05, 3.63) is 0 Å². The van der Waals surface area contributed by atoms with E-state index in [9.17, 15) is 20.1 Å². The summed E-state index contributed by atoms with van der Waals surface area (Å²) in [6.45, 7) is 5.24. The van der Waals surface area contributed by atoms with Crippen LogP contribution in [0.4, 0.5) is 0 Å². The van der Waals surface area contributed by atoms with Gasteiger partial charge in [0.1, 0.15) is 11.9 Å². The first kappa shape index (κ1) is 21.5. The second-order valence-electron chi connectivity index (χ2n) is 7.08. The number of ether oxygens (including phenoxy) is 2. The van der Waals surface area contributed by atoms with Crippen LogP contribution in [0.2, 0.25) is 0 Å². The Morgan fingerprint density at radius 1 is 1.17 bits per heavy atom. The van der Waals surface area contributed by atoms with E-state index in [0.717, 1.165) is 32.1 Å². The summed E-state index contributed by atoms with van der Waals surface area (Å²) in [6.07, 6.45) is 3.12. The fourth-order valence-electron chi connectivity index (χ4n) is 2.96. The second-order valence-corrected chi connectivity index (χ2v) is 7.08. The Morgan fingerprint density at radius 2 is 1.79 bits per heavy atom. The van der Waals surface area contributed by atoms with E-state index in [-0.39, 0.29) is 30.8 Å². The molecule has 6 heteroatoms. The first-order chi connectivity index (χ1) is 11.3. The van der Waals surface area contributed by atoms with Gasteiger partial charge in [0.15, 0.2) is 6.29 Å². The molecule has 1 saturated heterocycles. The standard InChI is InChI=1S/C18H34O6/c1-12(19)10-15(20)9-7-5-4-6-8-13(2)23-18-17(22)11-16(21)14(3)24-18/h13-18,20-22H,4-11H2,1-3H3/t13-,14?,15?,16-,17?,18-/m1/s1. The number of rotatable bonds is 11. The van der Waals surface area contributed by atoms with Crippen LogP contribution in [0.1, 0.15) is 72.1 Å². The average Bonchev–Trinajstić information content (AvgIpc) is 2.47. The van der Waals surface area contributed by atoms with E-state index < -0.39 is 24.6 Å². The molecule has 1 aliphatic heterocycles. The molecule has 0 aromatic carbocycles. The van der Waals surface area contributed by atoms with Gasteiger partial charge in [0.25, 0.3) is 0 Å². The SMILES string of the molecule is CC(=O)CC(O)CCCCCC[C@@H](C)O[C@@H]1OC(C)[C@H](O)CC1O. The Hall–Kier alpha value is -0.530. The second kappa shape index (κ2) is 11.2. The van der Waals surface area contributed by atoms with Gasteiger partial charge in [0.05, 0.1) is 24.4 Å². The molecule has 0 aromatic rings. The topological polar surface area (TPSA) is 96.2 Å². The molecule has 1 rings (SSSR count). The van der Waals surface area contributed by atoms with Gasteiger partial charge >= 0.3 is 0 Å². The van der Waals surface area contributed by atoms with E-state index in [1.165, 1.54) is 6.92 Å². The van der Waals surface area contributed by atoms with E-state index in [4.69, 9.17) is 9.47 Å². The molecule has 6 nitrogen and oxygen atoms in total. The summed E-state index contributed by atoms with van der Waals surface area (Å²) in [5.74, 6) is 0.0300. The van der Waals surface area contributed by atoms with Crippen LogP contribution < -0.4 is 0 Å². The molecule has 3 unspecified atom stereocenters. The maximum Gasteiger partial charge on any atom is 0.184 e. The molecule has 1 aliphatic rings. The summed E-state index contributed by atoms with van der Waals surface area (Å²) in [5, 5.41) is 29.2. The number of aliphatic hydroxyl groups excluding tert-OH is 3. The monoisotopic (exact) mass is 346 g/mol. The quantitative estimate of drug-likeness (QED) is 0.495. The minimum absolute atomic E-state index is 0.0182. The van der Waals surface area contributed by atoms with Crippen LogP contribution in [0.5, 0.6) is 0 Å². The molecule has 0 radical (unpaired) electrons. The number of hydrogen-bond donors (Lipinski definition) is 3. The normalized spacial score (nSPS) is 30.1. The molecule has 6 atom stereocenters. The zero-order valence-electron chi connectivity index (χ0n) is 15.2. The minimum atomic E-state index is -0.790. The summed E-state index contributed by atoms with van der Waals surface area (Å²) in [5.41, 5.74) is 0. The number of carbonyl (C=O) groups excluding carboxylic acids is 1. The Balaban J connectivity index is 2.07. The van der Waals surface area contributed by atoms with Crippen LogP contribution in [0.25, 0.3) is 0 Å². The van der Waals surface area contributed by atoms with E-state index in [1.807, 2.05) is 6.92 Å². The molecular weight excluding hydrogens is 312 g/mol. The first-order valence-corrected chi connectivity index (χ1v) is 9.14. The molecule has 24 heavy (non-hydrogen) atoms. The zero-order valence-corrected chi connectivity index (χ0v) is 15.2. The van der Waals surface area contributed by atoms with E-state index >= 15 is 0 Å². The van der Waals surface area contributed by atoms with Crippen molar-refractivity contribution in [1.82, 2.24) is 0 Å². The van der Waals surface area contributed by atoms with Crippen molar-refractivity contribution in [3.63, 3.8) is 0 Å². The lowest BCUT2D eigenvalue weighted by molar-refractivity contribution is -0.273. The molecule has 0 spiro atoms. The van der Waals surface area contributed by atoms with E-state index in [0.29, 0.717) is 6.42 Å². The molecule has 142 valence electrons. The fourth-order valence-corrected chi connectivity index (χ4v) is 2.96. The van der Waals surface area contributed by atoms with Crippen molar-refractivity contribution in [1.29, 1.82) is 0 Å². The smallest absolute Gasteiger partial charge is 0.184 e. The molecule has 0 bridgehead atoms. The maximum absolute atomic E-state index is 10.9. The third-order valence-electron chi connectivity index (χ3n) is 4.48. The van der Waals surface area contributed by atoms with Crippen molar-refractivity contribution < 1.29 is 29.6 Å². The van der Waals surface area contributed by atoms with Crippen LogP contribution >= 0.6 is 0 Å². The number of unbranched alkanes of at least 4 members (excludes halogenated alkanes) is 3. The lowest BCUT2D eigenvalue weighted by Gasteiger charge is -2.36. The largest absolute Gasteiger partial charge is 0.393 e. The summed E-state index contributed by atoms with van der Waals surface area (Å²) in [4.78, 5) is 10.9. The van der Waals surface area contributed by atoms with Crippen LogP contribution in [0.15, 0.2) is 0 Å². The predicted molar refractivity (Wildman–Crippen MR) is 90.5 cm³/mol. The van der Waals surface area contributed by atoms with Gasteiger partial charge in [-0.15, -0.1) is 0 Å². The van der Waals surface area contributed by atoms with Crippen molar-refractivity contribution in [2.24, 2.45) is 0 Å². The molecule has 3 N–H and O–H groups in total. The van der Waals surface area contributed by atoms with Gasteiger partial charge in [0.2, 0.25) is 0 Å². The number of ketones is 1. The highest BCUT2D eigenvalue weighted by Crippen LogP contribution is 2.23. The van der Waals surface area contributed by atoms with Gasteiger partial charge in [-0.2, -0.15) is 0 Å². The van der Waals surface area contributed by atoms with Gasteiger partial charge in [-0.25, -0.2) is 0 Å². The predicted octanol–water partition coefficient (Wildman–Crippen LogP) is 1.93. The van der Waals surface area contributed by atoms with Crippen molar-refractivity contribution in [2.75, 3.05) is 0 Å². The number of hydrogen-bond acceptors (Lipinski definition) is 6. The third-order valence-corrected chi connectivity index (χ3v) is 4.48. The summed E-state index contributed by atoms with van der Waals surface area (Å²) in [6, 6.07) is 0. The Kier molecular flexibility index (Phi) is 10.0. The van der Waals surface area contributed by atoms with Crippen molar-refractivity contribution in [3.8, 4) is 0 Å². The van der Waals surface area contributed by atoms with E-state index in [2.05, 4.69) is 0 Å². The molecular formula is C18H34O6. The minimum Gasteiger partial charge on any atom is -0.393 e. The van der Waals surface area contributed by atoms with Gasteiger partial charge in [-0.3, -0.25) is 4.79 Å². The van der Waals surface area contributed by atoms with Crippen LogP contribution in [0.3, 0.4) is 0 Å². The van der Waals surface area contributed by atoms with Crippen LogP contribution in [-0.2, 0) is 14.3 Å². The number of Topliss-reactive ketones (excluding diaryl/α,β-unsaturated/α-hetero) is 1. The molecule has 0 aliphatic carbocycles.